The summed E-state index contributed by atoms with van der Waals surface area (Å²) in [6, 6.07) is 1.83. The molecule has 1 amide bonds. The predicted molar refractivity (Wildman–Crippen MR) is 99.0 cm³/mol. The summed E-state index contributed by atoms with van der Waals surface area (Å²) in [4.78, 5) is 31.4. The van der Waals surface area contributed by atoms with Crippen LogP contribution in [0.1, 0.15) is 37.4 Å². The van der Waals surface area contributed by atoms with Crippen molar-refractivity contribution in [1.29, 1.82) is 0 Å². The molecule has 1 aliphatic heterocycles. The molecule has 0 aliphatic carbocycles. The Balaban J connectivity index is 1.61. The third-order valence-corrected chi connectivity index (χ3v) is 5.03. The van der Waals surface area contributed by atoms with Crippen molar-refractivity contribution in [2.75, 3.05) is 11.9 Å². The molecule has 0 radical (unpaired) electrons. The van der Waals surface area contributed by atoms with Crippen LogP contribution in [-0.4, -0.2) is 43.1 Å². The Morgan fingerprint density at radius 2 is 2.23 bits per heavy atom. The summed E-state index contributed by atoms with van der Waals surface area (Å²) in [7, 11) is 0. The highest BCUT2D eigenvalue weighted by Crippen LogP contribution is 2.33. The molecular formula is C17H20N6O2S. The second-order valence-corrected chi connectivity index (χ2v) is 8.07. The van der Waals surface area contributed by atoms with Gasteiger partial charge in [0.25, 0.3) is 0 Å². The Bertz CT molecular complexity index is 944. The monoisotopic (exact) mass is 372 g/mol. The van der Waals surface area contributed by atoms with Gasteiger partial charge < -0.3 is 15.0 Å². The van der Waals surface area contributed by atoms with E-state index in [9.17, 15) is 4.79 Å². The maximum absolute atomic E-state index is 12.5. The first-order valence-electron chi connectivity index (χ1n) is 8.35. The van der Waals surface area contributed by atoms with E-state index < -0.39 is 5.60 Å². The molecule has 8 nitrogen and oxygen atoms in total. The number of anilines is 1. The molecule has 26 heavy (non-hydrogen) atoms. The number of nitrogens with one attached hydrogen (secondary N) is 2. The lowest BCUT2D eigenvalue weighted by atomic mass is 10.1. The third-order valence-electron chi connectivity index (χ3n) is 4.05. The molecule has 0 fully saturated rings. The van der Waals surface area contributed by atoms with Gasteiger partial charge in [-0.3, -0.25) is 4.90 Å². The fraction of sp³-hybridized carbons (Fsp3) is 0.412. The molecule has 2 N–H and O–H groups in total. The summed E-state index contributed by atoms with van der Waals surface area (Å²) in [5, 5.41) is 4.36. The minimum Gasteiger partial charge on any atom is -0.444 e. The van der Waals surface area contributed by atoms with Gasteiger partial charge >= 0.3 is 6.09 Å². The predicted octanol–water partition coefficient (Wildman–Crippen LogP) is 3.32. The van der Waals surface area contributed by atoms with Crippen molar-refractivity contribution in [3.05, 3.63) is 34.7 Å². The quantitative estimate of drug-likeness (QED) is 0.716. The number of ether oxygens (including phenoxy) is 1. The summed E-state index contributed by atoms with van der Waals surface area (Å²) >= 11 is 1.58. The van der Waals surface area contributed by atoms with Crippen LogP contribution in [0.4, 0.5) is 10.6 Å². The van der Waals surface area contributed by atoms with Gasteiger partial charge in [-0.2, -0.15) is 0 Å². The van der Waals surface area contributed by atoms with Crippen LogP contribution >= 0.6 is 11.3 Å². The van der Waals surface area contributed by atoms with Gasteiger partial charge in [-0.15, -0.1) is 11.3 Å². The van der Waals surface area contributed by atoms with Crippen LogP contribution in [0, 0.1) is 0 Å². The zero-order valence-corrected chi connectivity index (χ0v) is 15.6. The van der Waals surface area contributed by atoms with E-state index in [1.165, 1.54) is 6.33 Å². The smallest absolute Gasteiger partial charge is 0.410 e. The van der Waals surface area contributed by atoms with E-state index in [1.54, 1.807) is 16.2 Å². The second kappa shape index (κ2) is 6.24. The number of carbonyl (C=O) groups excluding carboxylic acids is 1. The topological polar surface area (TPSA) is 96.0 Å². The van der Waals surface area contributed by atoms with Crippen LogP contribution in [0.15, 0.2) is 24.1 Å². The number of amides is 1. The number of H-pyrrole nitrogens is 1. The molecule has 1 atom stereocenters. The zero-order valence-electron chi connectivity index (χ0n) is 14.8. The summed E-state index contributed by atoms with van der Waals surface area (Å²) in [6.45, 7) is 6.53. The Kier molecular flexibility index (Phi) is 4.03. The molecule has 1 aliphatic rings. The number of aromatic nitrogens is 4. The molecule has 0 saturated carbocycles. The first-order chi connectivity index (χ1) is 12.4. The van der Waals surface area contributed by atoms with E-state index in [0.717, 1.165) is 27.4 Å². The number of carbonyl (C=O) groups is 1. The maximum atomic E-state index is 12.5. The molecule has 0 spiro atoms. The fourth-order valence-electron chi connectivity index (χ4n) is 2.96. The van der Waals surface area contributed by atoms with Crippen molar-refractivity contribution in [3.8, 4) is 0 Å². The van der Waals surface area contributed by atoms with E-state index >= 15 is 0 Å². The standard InChI is InChI=1S/C17H20N6O2S/c1-17(2,3)25-16(24)23-6-11-13(26-9-21-11)12(7-23)22-15-10-4-5-18-14(10)19-8-20-15/h4-5,8-9,12H,6-7H2,1-3H3,(H2,18,19,20,22). The Labute approximate surface area is 154 Å². The Morgan fingerprint density at radius 3 is 3.04 bits per heavy atom. The Hall–Kier alpha value is -2.68. The molecule has 1 unspecified atom stereocenters. The van der Waals surface area contributed by atoms with Gasteiger partial charge in [0.15, 0.2) is 0 Å². The lowest BCUT2D eigenvalue weighted by Gasteiger charge is -2.34. The van der Waals surface area contributed by atoms with Crippen molar-refractivity contribution >= 4 is 34.3 Å². The number of nitrogens with zero attached hydrogens (tertiary/aromatic N) is 4. The minimum atomic E-state index is -0.535. The fourth-order valence-corrected chi connectivity index (χ4v) is 3.80. The van der Waals surface area contributed by atoms with Crippen molar-refractivity contribution in [2.45, 2.75) is 39.0 Å². The van der Waals surface area contributed by atoms with Crippen LogP contribution in [0.3, 0.4) is 0 Å². The van der Waals surface area contributed by atoms with E-state index in [1.807, 2.05) is 38.5 Å². The summed E-state index contributed by atoms with van der Waals surface area (Å²) in [6.07, 6.45) is 3.01. The summed E-state index contributed by atoms with van der Waals surface area (Å²) in [5.74, 6) is 0.728. The second-order valence-electron chi connectivity index (χ2n) is 7.18. The van der Waals surface area contributed by atoms with Gasteiger partial charge in [0.05, 0.1) is 34.1 Å². The van der Waals surface area contributed by atoms with Crippen LogP contribution in [0.5, 0.6) is 0 Å². The molecule has 4 rings (SSSR count). The first-order valence-corrected chi connectivity index (χ1v) is 9.23. The molecule has 136 valence electrons. The lowest BCUT2D eigenvalue weighted by molar-refractivity contribution is 0.0209. The summed E-state index contributed by atoms with van der Waals surface area (Å²) < 4.78 is 5.53. The molecule has 0 saturated heterocycles. The molecule has 3 aromatic rings. The highest BCUT2D eigenvalue weighted by atomic mass is 32.1. The zero-order chi connectivity index (χ0) is 18.3. The molecular weight excluding hydrogens is 352 g/mol. The van der Waals surface area contributed by atoms with E-state index in [0.29, 0.717) is 13.1 Å². The van der Waals surface area contributed by atoms with E-state index in [-0.39, 0.29) is 12.1 Å². The van der Waals surface area contributed by atoms with Gasteiger partial charge in [0.1, 0.15) is 23.4 Å². The van der Waals surface area contributed by atoms with Crippen LogP contribution in [-0.2, 0) is 11.3 Å². The highest BCUT2D eigenvalue weighted by molar-refractivity contribution is 7.09. The number of rotatable bonds is 2. The van der Waals surface area contributed by atoms with Gasteiger partial charge in [0, 0.05) is 12.7 Å². The maximum Gasteiger partial charge on any atom is 0.410 e. The van der Waals surface area contributed by atoms with Crippen molar-refractivity contribution in [2.24, 2.45) is 0 Å². The van der Waals surface area contributed by atoms with Crippen LogP contribution in [0.25, 0.3) is 11.0 Å². The largest absolute Gasteiger partial charge is 0.444 e. The SMILES string of the molecule is CC(C)(C)OC(=O)N1Cc2ncsc2C(Nc2ncnc3[nH]ccc23)C1. The van der Waals surface area contributed by atoms with Gasteiger partial charge in [-0.25, -0.2) is 19.7 Å². The average molecular weight is 372 g/mol. The summed E-state index contributed by atoms with van der Waals surface area (Å²) in [5.41, 5.74) is 2.94. The molecule has 0 aromatic carbocycles. The van der Waals surface area contributed by atoms with Crippen molar-refractivity contribution < 1.29 is 9.53 Å². The Morgan fingerprint density at radius 1 is 1.38 bits per heavy atom. The average Bonchev–Trinajstić information content (AvgIpc) is 3.22. The number of hydrogen-bond donors (Lipinski definition) is 2. The minimum absolute atomic E-state index is 0.105. The van der Waals surface area contributed by atoms with Gasteiger partial charge in [0.2, 0.25) is 0 Å². The number of hydrogen-bond acceptors (Lipinski definition) is 7. The van der Waals surface area contributed by atoms with E-state index in [2.05, 4.69) is 25.3 Å². The normalized spacial score (nSPS) is 17.2. The molecule has 4 heterocycles. The van der Waals surface area contributed by atoms with Crippen LogP contribution < -0.4 is 5.32 Å². The lowest BCUT2D eigenvalue weighted by Crippen LogP contribution is -2.42. The first kappa shape index (κ1) is 16.8. The number of thiazole rings is 1. The molecule has 0 bridgehead atoms. The number of fused-ring (bicyclic) bond motifs is 2. The van der Waals surface area contributed by atoms with Crippen molar-refractivity contribution in [1.82, 2.24) is 24.8 Å². The number of aromatic amines is 1. The van der Waals surface area contributed by atoms with Crippen molar-refractivity contribution in [3.63, 3.8) is 0 Å². The van der Waals surface area contributed by atoms with Gasteiger partial charge in [-0.1, -0.05) is 0 Å². The van der Waals surface area contributed by atoms with Crippen LogP contribution in [0.2, 0.25) is 0 Å². The van der Waals surface area contributed by atoms with Gasteiger partial charge in [-0.05, 0) is 26.8 Å². The third kappa shape index (κ3) is 3.22. The molecule has 3 aromatic heterocycles. The molecule has 9 heteroatoms. The van der Waals surface area contributed by atoms with E-state index in [4.69, 9.17) is 4.74 Å². The highest BCUT2D eigenvalue weighted by Gasteiger charge is 2.33.